The second-order valence-corrected chi connectivity index (χ2v) is 8.73. The van der Waals surface area contributed by atoms with Crippen LogP contribution in [0.2, 0.25) is 0 Å². The fraction of sp³-hybridized carbons (Fsp3) is 0.636. The number of aliphatic imine (C=N–C) groups is 1. The van der Waals surface area contributed by atoms with E-state index in [4.69, 9.17) is 10.3 Å². The first-order chi connectivity index (χ1) is 12.9. The molecule has 29 heavy (non-hydrogen) atoms. The van der Waals surface area contributed by atoms with E-state index in [1.807, 2.05) is 30.1 Å². The fourth-order valence-corrected chi connectivity index (χ4v) is 2.79. The van der Waals surface area contributed by atoms with E-state index in [2.05, 4.69) is 77.7 Å². The van der Waals surface area contributed by atoms with Gasteiger partial charge in [-0.3, -0.25) is 0 Å². The van der Waals surface area contributed by atoms with Crippen LogP contribution in [0.25, 0.3) is 5.32 Å². The zero-order valence-electron chi connectivity index (χ0n) is 20.3. The van der Waals surface area contributed by atoms with Crippen molar-refractivity contribution in [2.24, 2.45) is 4.99 Å². The number of amidine groups is 1. The number of rotatable bonds is 4. The summed E-state index contributed by atoms with van der Waals surface area (Å²) in [5.41, 5.74) is 3.87. The molecule has 0 N–H and O–H groups in total. The van der Waals surface area contributed by atoms with Gasteiger partial charge in [0.15, 0.2) is 6.17 Å². The zero-order chi connectivity index (χ0) is 21.6. The number of aryl methyl sites for hydroxylation is 4. The number of nitrogens with zero attached hydrogens (tertiary/aromatic N) is 6. The molecule has 0 spiro atoms. The zero-order valence-corrected chi connectivity index (χ0v) is 21.7. The third-order valence-corrected chi connectivity index (χ3v) is 3.55. The number of hydrogen-bond donors (Lipinski definition) is 0. The minimum atomic E-state index is -0.272. The second kappa shape index (κ2) is 11.7. The molecule has 158 valence electrons. The average molecular weight is 411 g/mol. The summed E-state index contributed by atoms with van der Waals surface area (Å²) in [5, 5.41) is 14.3. The van der Waals surface area contributed by atoms with Gasteiger partial charge < -0.3 is 16.2 Å². The van der Waals surface area contributed by atoms with Crippen molar-refractivity contribution < 1.29 is 0 Å². The average Bonchev–Trinajstić information content (AvgIpc) is 2.99. The van der Waals surface area contributed by atoms with Gasteiger partial charge in [0.2, 0.25) is 0 Å². The van der Waals surface area contributed by atoms with Crippen LogP contribution in [0.3, 0.4) is 0 Å². The molecule has 2 aromatic heterocycles. The van der Waals surface area contributed by atoms with E-state index in [1.165, 1.54) is 5.92 Å². The van der Waals surface area contributed by atoms with Crippen molar-refractivity contribution in [3.05, 3.63) is 46.1 Å². The molecule has 0 aliphatic rings. The molecule has 7 heteroatoms. The van der Waals surface area contributed by atoms with Gasteiger partial charge in [0.05, 0.1) is 11.4 Å². The Morgan fingerprint density at radius 3 is 1.62 bits per heavy atom. The summed E-state index contributed by atoms with van der Waals surface area (Å²) in [6, 6.07) is 4.14. The van der Waals surface area contributed by atoms with E-state index in [1.54, 1.807) is 0 Å². The minimum Gasteiger partial charge on any atom is -0.466 e. The Morgan fingerprint density at radius 1 is 1.00 bits per heavy atom. The standard InChI is InChI=1S/C18H29N6.C4H9.Mg/c1-9-19-16(20-18(6,7)8)17(23-14(4)10-12(2)21-23)24-15(5)11-13(3)22-24;1-4(2)3;/h10-11,17H,9H2,1-8H3;1-3H3;/q2*-1;+2. The van der Waals surface area contributed by atoms with Crippen LogP contribution in [0.4, 0.5) is 0 Å². The number of aromatic nitrogens is 4. The molecule has 0 aliphatic carbocycles. The molecule has 0 radical (unpaired) electrons. The van der Waals surface area contributed by atoms with Gasteiger partial charge >= 0.3 is 23.1 Å². The molecule has 0 unspecified atom stereocenters. The number of hydrogen-bond acceptors (Lipinski definition) is 3. The molecule has 0 atom stereocenters. The summed E-state index contributed by atoms with van der Waals surface area (Å²) in [6.45, 7) is 23.3. The first-order valence-corrected chi connectivity index (χ1v) is 9.95. The van der Waals surface area contributed by atoms with Crippen LogP contribution >= 0.6 is 0 Å². The molecular formula is C22H38MgN6. The maximum absolute atomic E-state index is 4.88. The maximum Gasteiger partial charge on any atom is 2.00 e. The normalized spacial score (nSPS) is 12.0. The molecule has 0 fully saturated rings. The molecule has 6 nitrogen and oxygen atoms in total. The van der Waals surface area contributed by atoms with E-state index in [0.29, 0.717) is 6.54 Å². The molecule has 0 saturated heterocycles. The van der Waals surface area contributed by atoms with E-state index in [9.17, 15) is 0 Å². The van der Waals surface area contributed by atoms with Gasteiger partial charge in [-0.2, -0.15) is 31.0 Å². The van der Waals surface area contributed by atoms with Crippen molar-refractivity contribution in [2.75, 3.05) is 6.54 Å². The largest absolute Gasteiger partial charge is 2.00 e. The van der Waals surface area contributed by atoms with Crippen molar-refractivity contribution in [2.45, 2.75) is 87.9 Å². The van der Waals surface area contributed by atoms with E-state index >= 15 is 0 Å². The summed E-state index contributed by atoms with van der Waals surface area (Å²) in [6.07, 6.45) is -0.272. The molecule has 0 amide bonds. The van der Waals surface area contributed by atoms with Crippen LogP contribution in [0.15, 0.2) is 17.1 Å². The predicted octanol–water partition coefficient (Wildman–Crippen LogP) is 5.19. The molecule has 0 aliphatic heterocycles. The summed E-state index contributed by atoms with van der Waals surface area (Å²) >= 11 is 0. The Kier molecular flexibility index (Phi) is 11.2. The van der Waals surface area contributed by atoms with Crippen LogP contribution in [0.5, 0.6) is 0 Å². The Labute approximate surface area is 193 Å². The van der Waals surface area contributed by atoms with Crippen molar-refractivity contribution in [3.63, 3.8) is 0 Å². The van der Waals surface area contributed by atoms with Crippen LogP contribution in [-0.4, -0.2) is 60.5 Å². The smallest absolute Gasteiger partial charge is 0.466 e. The van der Waals surface area contributed by atoms with Gasteiger partial charge in [0.25, 0.3) is 0 Å². The van der Waals surface area contributed by atoms with Gasteiger partial charge in [0, 0.05) is 11.4 Å². The minimum absolute atomic E-state index is 0. The molecular weight excluding hydrogens is 373 g/mol. The maximum atomic E-state index is 4.88. The van der Waals surface area contributed by atoms with E-state index in [0.717, 1.165) is 28.6 Å². The van der Waals surface area contributed by atoms with Crippen molar-refractivity contribution in [1.82, 2.24) is 19.6 Å². The van der Waals surface area contributed by atoms with Crippen LogP contribution in [0.1, 0.15) is 77.4 Å². The van der Waals surface area contributed by atoms with Crippen molar-refractivity contribution >= 4 is 28.9 Å². The van der Waals surface area contributed by atoms with Gasteiger partial charge in [-0.15, -0.1) is 0 Å². The van der Waals surface area contributed by atoms with Gasteiger partial charge in [-0.25, -0.2) is 9.36 Å². The van der Waals surface area contributed by atoms with Gasteiger partial charge in [0.1, 0.15) is 0 Å². The second-order valence-electron chi connectivity index (χ2n) is 8.73. The summed E-state index contributed by atoms with van der Waals surface area (Å²) < 4.78 is 3.94. The van der Waals surface area contributed by atoms with Crippen LogP contribution < -0.4 is 0 Å². The quantitative estimate of drug-likeness (QED) is 0.301. The van der Waals surface area contributed by atoms with E-state index < -0.39 is 0 Å². The Bertz CT molecular complexity index is 731. The molecule has 0 aromatic carbocycles. The Hall–Kier alpha value is -1.34. The first kappa shape index (κ1) is 27.7. The molecule has 2 aromatic rings. The van der Waals surface area contributed by atoms with Crippen molar-refractivity contribution in [3.8, 4) is 0 Å². The Balaban J connectivity index is 0.00000143. The first-order valence-electron chi connectivity index (χ1n) is 9.95. The molecule has 2 heterocycles. The fourth-order valence-electron chi connectivity index (χ4n) is 2.79. The SMILES string of the molecule is CCN=C([N-]C(C)(C)C)C(n1nc(C)cc1C)n1nc(C)cc1C.C[C-](C)C.[Mg+2]. The van der Waals surface area contributed by atoms with Crippen LogP contribution in [-0.2, 0) is 0 Å². The van der Waals surface area contributed by atoms with Gasteiger partial charge in [-0.1, -0.05) is 34.2 Å². The third-order valence-electron chi connectivity index (χ3n) is 3.55. The Morgan fingerprint density at radius 2 is 1.38 bits per heavy atom. The molecule has 2 rings (SSSR count). The van der Waals surface area contributed by atoms with Crippen molar-refractivity contribution in [1.29, 1.82) is 0 Å². The molecule has 0 saturated carbocycles. The topological polar surface area (TPSA) is 62.1 Å². The third kappa shape index (κ3) is 8.91. The summed E-state index contributed by atoms with van der Waals surface area (Å²) in [4.78, 5) is 4.69. The monoisotopic (exact) mass is 410 g/mol. The van der Waals surface area contributed by atoms with Gasteiger partial charge in [-0.05, 0) is 51.2 Å². The van der Waals surface area contributed by atoms with E-state index in [-0.39, 0.29) is 34.8 Å². The van der Waals surface area contributed by atoms with Crippen LogP contribution in [0, 0.1) is 33.6 Å². The predicted molar refractivity (Wildman–Crippen MR) is 125 cm³/mol. The summed E-state index contributed by atoms with van der Waals surface area (Å²) in [5.74, 6) is 2.17. The molecule has 0 bridgehead atoms. The summed E-state index contributed by atoms with van der Waals surface area (Å²) in [7, 11) is 0.